The number of halogens is 1. The molecule has 0 saturated heterocycles. The number of nitrogens with one attached hydrogen (secondary N) is 1. The van der Waals surface area contributed by atoms with E-state index in [9.17, 15) is 4.39 Å². The normalized spacial score (nSPS) is 10.6. The van der Waals surface area contributed by atoms with Crippen molar-refractivity contribution in [2.75, 3.05) is 19.0 Å². The lowest BCUT2D eigenvalue weighted by molar-refractivity contribution is 0.619. The summed E-state index contributed by atoms with van der Waals surface area (Å²) < 4.78 is 13.2. The first-order valence-electron chi connectivity index (χ1n) is 6.78. The molecule has 0 aliphatic carbocycles. The highest BCUT2D eigenvalue weighted by atomic mass is 19.1. The molecule has 2 rings (SSSR count). The van der Waals surface area contributed by atoms with Crippen molar-refractivity contribution in [3.63, 3.8) is 0 Å². The van der Waals surface area contributed by atoms with Crippen molar-refractivity contribution in [1.29, 1.82) is 0 Å². The lowest BCUT2D eigenvalue weighted by Crippen LogP contribution is -2.14. The van der Waals surface area contributed by atoms with Gasteiger partial charge in [-0.2, -0.15) is 0 Å². The Bertz CT molecular complexity index is 562. The summed E-state index contributed by atoms with van der Waals surface area (Å²) >= 11 is 0. The van der Waals surface area contributed by atoms with Crippen LogP contribution in [0.2, 0.25) is 0 Å². The number of anilines is 1. The van der Waals surface area contributed by atoms with Gasteiger partial charge >= 0.3 is 0 Å². The van der Waals surface area contributed by atoms with Gasteiger partial charge in [-0.3, -0.25) is 0 Å². The van der Waals surface area contributed by atoms with Gasteiger partial charge < -0.3 is 10.2 Å². The van der Waals surface area contributed by atoms with Crippen molar-refractivity contribution in [3.8, 4) is 0 Å². The van der Waals surface area contributed by atoms with Crippen molar-refractivity contribution in [3.05, 3.63) is 65.0 Å². The molecule has 0 unspecified atom stereocenters. The van der Waals surface area contributed by atoms with Crippen molar-refractivity contribution >= 4 is 5.69 Å². The summed E-state index contributed by atoms with van der Waals surface area (Å²) in [5.74, 6) is -0.178. The zero-order chi connectivity index (χ0) is 14.5. The largest absolute Gasteiger partial charge is 0.378 e. The standard InChI is InChI=1S/C17H21FN2/c1-13-4-7-16(18)10-15(13)12-19-11-14-5-8-17(9-6-14)20(2)3/h4-10,19H,11-12H2,1-3H3. The van der Waals surface area contributed by atoms with Crippen LogP contribution in [0, 0.1) is 12.7 Å². The maximum Gasteiger partial charge on any atom is 0.123 e. The molecule has 0 fully saturated rings. The van der Waals surface area contributed by atoms with Gasteiger partial charge in [0.2, 0.25) is 0 Å². The first-order chi connectivity index (χ1) is 9.56. The second-order valence-electron chi connectivity index (χ2n) is 5.24. The highest BCUT2D eigenvalue weighted by Crippen LogP contribution is 2.13. The highest BCUT2D eigenvalue weighted by Gasteiger charge is 2.01. The number of nitrogens with zero attached hydrogens (tertiary/aromatic N) is 1. The van der Waals surface area contributed by atoms with E-state index in [-0.39, 0.29) is 5.82 Å². The van der Waals surface area contributed by atoms with Crippen LogP contribution in [0.4, 0.5) is 10.1 Å². The van der Waals surface area contributed by atoms with Crippen LogP contribution in [-0.2, 0) is 13.1 Å². The Hall–Kier alpha value is -1.87. The van der Waals surface area contributed by atoms with E-state index in [0.717, 1.165) is 17.7 Å². The molecule has 0 aromatic heterocycles. The van der Waals surface area contributed by atoms with Crippen LogP contribution in [0.25, 0.3) is 0 Å². The molecule has 2 nitrogen and oxygen atoms in total. The quantitative estimate of drug-likeness (QED) is 0.896. The average molecular weight is 272 g/mol. The Morgan fingerprint density at radius 3 is 2.35 bits per heavy atom. The maximum atomic E-state index is 13.2. The van der Waals surface area contributed by atoms with Gasteiger partial charge in [-0.15, -0.1) is 0 Å². The van der Waals surface area contributed by atoms with Crippen LogP contribution in [0.15, 0.2) is 42.5 Å². The Morgan fingerprint density at radius 2 is 1.70 bits per heavy atom. The summed E-state index contributed by atoms with van der Waals surface area (Å²) in [6.07, 6.45) is 0. The summed E-state index contributed by atoms with van der Waals surface area (Å²) in [5.41, 5.74) is 4.54. The van der Waals surface area contributed by atoms with E-state index < -0.39 is 0 Å². The minimum Gasteiger partial charge on any atom is -0.378 e. The van der Waals surface area contributed by atoms with Crippen molar-refractivity contribution in [2.24, 2.45) is 0 Å². The average Bonchev–Trinajstić information content (AvgIpc) is 2.43. The molecule has 0 bridgehead atoms. The van der Waals surface area contributed by atoms with E-state index in [1.54, 1.807) is 6.07 Å². The van der Waals surface area contributed by atoms with Gasteiger partial charge in [0.25, 0.3) is 0 Å². The number of hydrogen-bond donors (Lipinski definition) is 1. The monoisotopic (exact) mass is 272 g/mol. The van der Waals surface area contributed by atoms with E-state index >= 15 is 0 Å². The molecule has 2 aromatic rings. The van der Waals surface area contributed by atoms with Gasteiger partial charge in [0, 0.05) is 32.9 Å². The van der Waals surface area contributed by atoms with E-state index in [1.807, 2.05) is 27.1 Å². The molecule has 0 saturated carbocycles. The predicted molar refractivity (Wildman–Crippen MR) is 82.4 cm³/mol. The van der Waals surface area contributed by atoms with Crippen LogP contribution in [-0.4, -0.2) is 14.1 Å². The first-order valence-corrected chi connectivity index (χ1v) is 6.78. The molecular formula is C17H21FN2. The maximum absolute atomic E-state index is 13.2. The summed E-state index contributed by atoms with van der Waals surface area (Å²) in [6, 6.07) is 13.3. The molecule has 0 atom stereocenters. The summed E-state index contributed by atoms with van der Waals surface area (Å²) in [7, 11) is 4.06. The molecule has 1 N–H and O–H groups in total. The van der Waals surface area contributed by atoms with Crippen LogP contribution >= 0.6 is 0 Å². The summed E-state index contributed by atoms with van der Waals surface area (Å²) in [4.78, 5) is 2.08. The molecule has 0 spiro atoms. The second kappa shape index (κ2) is 6.53. The van der Waals surface area contributed by atoms with Crippen molar-refractivity contribution in [1.82, 2.24) is 5.32 Å². The molecule has 0 amide bonds. The Labute approximate surface area is 120 Å². The smallest absolute Gasteiger partial charge is 0.123 e. The topological polar surface area (TPSA) is 15.3 Å². The third kappa shape index (κ3) is 3.81. The summed E-state index contributed by atoms with van der Waals surface area (Å²) in [5, 5.41) is 3.35. The van der Waals surface area contributed by atoms with Crippen LogP contribution in [0.5, 0.6) is 0 Å². The summed E-state index contributed by atoms with van der Waals surface area (Å²) in [6.45, 7) is 3.46. The molecule has 106 valence electrons. The lowest BCUT2D eigenvalue weighted by atomic mass is 10.1. The minimum atomic E-state index is -0.178. The van der Waals surface area contributed by atoms with Crippen molar-refractivity contribution < 1.29 is 4.39 Å². The Balaban J connectivity index is 1.91. The fourth-order valence-electron chi connectivity index (χ4n) is 2.08. The fraction of sp³-hybridized carbons (Fsp3) is 0.294. The number of rotatable bonds is 5. The minimum absolute atomic E-state index is 0.178. The molecule has 0 radical (unpaired) electrons. The van der Waals surface area contributed by atoms with Gasteiger partial charge in [0.1, 0.15) is 5.82 Å². The molecule has 20 heavy (non-hydrogen) atoms. The third-order valence-corrected chi connectivity index (χ3v) is 3.41. The third-order valence-electron chi connectivity index (χ3n) is 3.41. The van der Waals surface area contributed by atoms with Gasteiger partial charge in [-0.05, 0) is 47.9 Å². The van der Waals surface area contributed by atoms with Gasteiger partial charge in [-0.1, -0.05) is 18.2 Å². The molecule has 2 aromatic carbocycles. The van der Waals surface area contributed by atoms with E-state index in [2.05, 4.69) is 34.5 Å². The van der Waals surface area contributed by atoms with Crippen LogP contribution in [0.3, 0.4) is 0 Å². The molecule has 0 aliphatic rings. The lowest BCUT2D eigenvalue weighted by Gasteiger charge is -2.13. The molecule has 0 heterocycles. The predicted octanol–water partition coefficient (Wildman–Crippen LogP) is 3.49. The van der Waals surface area contributed by atoms with E-state index in [4.69, 9.17) is 0 Å². The Morgan fingerprint density at radius 1 is 1.00 bits per heavy atom. The number of aryl methyl sites for hydroxylation is 1. The Kier molecular flexibility index (Phi) is 4.74. The zero-order valence-electron chi connectivity index (χ0n) is 12.3. The highest BCUT2D eigenvalue weighted by molar-refractivity contribution is 5.45. The fourth-order valence-corrected chi connectivity index (χ4v) is 2.08. The van der Waals surface area contributed by atoms with E-state index in [1.165, 1.54) is 17.3 Å². The van der Waals surface area contributed by atoms with Gasteiger partial charge in [0.15, 0.2) is 0 Å². The first kappa shape index (κ1) is 14.5. The SMILES string of the molecule is Cc1ccc(F)cc1CNCc1ccc(N(C)C)cc1. The van der Waals surface area contributed by atoms with Crippen LogP contribution in [0.1, 0.15) is 16.7 Å². The van der Waals surface area contributed by atoms with Gasteiger partial charge in [-0.25, -0.2) is 4.39 Å². The molecule has 3 heteroatoms. The van der Waals surface area contributed by atoms with E-state index in [0.29, 0.717) is 6.54 Å². The zero-order valence-corrected chi connectivity index (χ0v) is 12.3. The van der Waals surface area contributed by atoms with Crippen molar-refractivity contribution in [2.45, 2.75) is 20.0 Å². The van der Waals surface area contributed by atoms with Crippen LogP contribution < -0.4 is 10.2 Å². The number of benzene rings is 2. The van der Waals surface area contributed by atoms with Gasteiger partial charge in [0.05, 0.1) is 0 Å². The molecular weight excluding hydrogens is 251 g/mol. The second-order valence-corrected chi connectivity index (χ2v) is 5.24. The number of hydrogen-bond acceptors (Lipinski definition) is 2. The molecule has 0 aliphatic heterocycles.